The molecule has 3 heteroatoms. The minimum absolute atomic E-state index is 0.0381. The monoisotopic (exact) mass is 335 g/mol. The quantitative estimate of drug-likeness (QED) is 0.651. The normalized spacial score (nSPS) is 12.7. The number of nitrogens with one attached hydrogen (secondary N) is 1. The van der Waals surface area contributed by atoms with Gasteiger partial charge in [-0.05, 0) is 57.0 Å². The van der Waals surface area contributed by atoms with Crippen LogP contribution in [0.5, 0.6) is 0 Å². The highest BCUT2D eigenvalue weighted by molar-refractivity contribution is 6.05. The molecule has 3 nitrogen and oxygen atoms in total. The molecule has 0 radical (unpaired) electrons. The Bertz CT molecular complexity index is 1010. The highest BCUT2D eigenvalue weighted by atomic mass is 16.2. The van der Waals surface area contributed by atoms with Gasteiger partial charge < -0.3 is 0 Å². The number of H-pyrrole nitrogens is 1. The van der Waals surface area contributed by atoms with Crippen LogP contribution in [0.1, 0.15) is 52.7 Å². The van der Waals surface area contributed by atoms with Crippen LogP contribution in [0.25, 0.3) is 21.5 Å². The van der Waals surface area contributed by atoms with E-state index >= 15 is 0 Å². The molecule has 0 bridgehead atoms. The van der Waals surface area contributed by atoms with Crippen molar-refractivity contribution in [3.63, 3.8) is 0 Å². The van der Waals surface area contributed by atoms with Gasteiger partial charge >= 0.3 is 0 Å². The maximum atomic E-state index is 12.5. The maximum Gasteiger partial charge on any atom is 0.258 e. The molecule has 3 rings (SSSR count). The van der Waals surface area contributed by atoms with Crippen LogP contribution in [-0.4, -0.2) is 4.98 Å². The van der Waals surface area contributed by atoms with Crippen LogP contribution in [0.2, 0.25) is 0 Å². The van der Waals surface area contributed by atoms with E-state index in [0.29, 0.717) is 10.8 Å². The Labute approximate surface area is 147 Å². The Kier molecular flexibility index (Phi) is 3.86. The predicted molar refractivity (Wildman–Crippen MR) is 106 cm³/mol. The van der Waals surface area contributed by atoms with Gasteiger partial charge in [0.25, 0.3) is 11.1 Å². The van der Waals surface area contributed by atoms with E-state index in [1.54, 1.807) is 0 Å². The molecule has 1 aromatic heterocycles. The van der Waals surface area contributed by atoms with Gasteiger partial charge in [-0.1, -0.05) is 53.7 Å². The fourth-order valence-electron chi connectivity index (χ4n) is 3.10. The van der Waals surface area contributed by atoms with Crippen molar-refractivity contribution < 1.29 is 0 Å². The van der Waals surface area contributed by atoms with E-state index in [-0.39, 0.29) is 21.9 Å². The smallest absolute Gasteiger partial charge is 0.258 e. The summed E-state index contributed by atoms with van der Waals surface area (Å²) in [5, 5.41) is 2.76. The fourth-order valence-corrected chi connectivity index (χ4v) is 3.10. The molecular formula is C22H25NO2. The van der Waals surface area contributed by atoms with E-state index in [4.69, 9.17) is 0 Å². The number of aromatic amines is 1. The van der Waals surface area contributed by atoms with Crippen molar-refractivity contribution in [2.45, 2.75) is 52.4 Å². The Morgan fingerprint density at radius 2 is 0.960 bits per heavy atom. The van der Waals surface area contributed by atoms with Crippen LogP contribution in [0.15, 0.2) is 46.0 Å². The molecule has 0 amide bonds. The molecule has 0 unspecified atom stereocenters. The Morgan fingerprint density at radius 1 is 0.600 bits per heavy atom. The zero-order valence-electron chi connectivity index (χ0n) is 15.8. The molecule has 130 valence electrons. The average Bonchev–Trinajstić information content (AvgIpc) is 2.61. The van der Waals surface area contributed by atoms with Crippen molar-refractivity contribution in [2.24, 2.45) is 0 Å². The van der Waals surface area contributed by atoms with Gasteiger partial charge in [0.05, 0.1) is 0 Å². The standard InChI is InChI=1S/C22H25NO2/c1-21(2,3)13-7-9-15-17(11-13)18-12-14(22(4,5)6)8-10-16(18)20(25)23-19(15)24/h7-12H,1-6H3,(H,23,24,25). The third kappa shape index (κ3) is 3.11. The molecule has 0 aliphatic heterocycles. The van der Waals surface area contributed by atoms with Gasteiger partial charge in [0.15, 0.2) is 0 Å². The number of benzene rings is 2. The highest BCUT2D eigenvalue weighted by Crippen LogP contribution is 2.30. The van der Waals surface area contributed by atoms with Crippen LogP contribution in [0.4, 0.5) is 0 Å². The summed E-state index contributed by atoms with van der Waals surface area (Å²) in [7, 11) is 0. The molecule has 3 aromatic rings. The van der Waals surface area contributed by atoms with Crippen molar-refractivity contribution in [1.82, 2.24) is 4.98 Å². The van der Waals surface area contributed by atoms with Crippen LogP contribution in [0.3, 0.4) is 0 Å². The molecule has 1 N–H and O–H groups in total. The zero-order valence-corrected chi connectivity index (χ0v) is 15.8. The van der Waals surface area contributed by atoms with E-state index in [1.807, 2.05) is 24.3 Å². The van der Waals surface area contributed by atoms with Gasteiger partial charge in [-0.2, -0.15) is 0 Å². The first-order valence-corrected chi connectivity index (χ1v) is 8.63. The van der Waals surface area contributed by atoms with Gasteiger partial charge in [-0.3, -0.25) is 14.6 Å². The first-order valence-electron chi connectivity index (χ1n) is 8.63. The zero-order chi connectivity index (χ0) is 18.6. The van der Waals surface area contributed by atoms with Gasteiger partial charge in [0.1, 0.15) is 0 Å². The second-order valence-electron chi connectivity index (χ2n) is 8.80. The van der Waals surface area contributed by atoms with Crippen molar-refractivity contribution in [3.8, 4) is 0 Å². The number of aromatic nitrogens is 1. The summed E-state index contributed by atoms with van der Waals surface area (Å²) in [5.74, 6) is 0. The number of hydrogen-bond acceptors (Lipinski definition) is 2. The minimum Gasteiger partial charge on any atom is -0.288 e. The molecular weight excluding hydrogens is 310 g/mol. The van der Waals surface area contributed by atoms with Crippen LogP contribution < -0.4 is 11.1 Å². The van der Waals surface area contributed by atoms with Crippen molar-refractivity contribution in [2.75, 3.05) is 0 Å². The second kappa shape index (κ2) is 5.55. The SMILES string of the molecule is CC(C)(C)c1ccc2c(=O)[nH]c(=O)c3ccc(C(C)(C)C)cc3c2c1. The van der Waals surface area contributed by atoms with E-state index in [2.05, 4.69) is 58.7 Å². The summed E-state index contributed by atoms with van der Waals surface area (Å²) in [6.07, 6.45) is 0. The molecule has 0 fully saturated rings. The van der Waals surface area contributed by atoms with E-state index in [9.17, 15) is 9.59 Å². The lowest BCUT2D eigenvalue weighted by Gasteiger charge is -2.20. The lowest BCUT2D eigenvalue weighted by molar-refractivity contribution is 0.590. The largest absolute Gasteiger partial charge is 0.288 e. The maximum absolute atomic E-state index is 12.5. The second-order valence-corrected chi connectivity index (χ2v) is 8.80. The third-order valence-corrected chi connectivity index (χ3v) is 4.78. The number of fused-ring (bicyclic) bond motifs is 3. The van der Waals surface area contributed by atoms with Gasteiger partial charge in [-0.25, -0.2) is 0 Å². The molecule has 0 aliphatic rings. The summed E-state index contributed by atoms with van der Waals surface area (Å²) in [4.78, 5) is 27.5. The van der Waals surface area contributed by atoms with E-state index in [1.165, 1.54) is 0 Å². The summed E-state index contributed by atoms with van der Waals surface area (Å²) in [6.45, 7) is 12.9. The molecule has 0 spiro atoms. The summed E-state index contributed by atoms with van der Waals surface area (Å²) < 4.78 is 0. The summed E-state index contributed by atoms with van der Waals surface area (Å²) in [6, 6.07) is 11.7. The van der Waals surface area contributed by atoms with Crippen molar-refractivity contribution in [3.05, 3.63) is 68.2 Å². The Hall–Kier alpha value is -2.42. The third-order valence-electron chi connectivity index (χ3n) is 4.78. The van der Waals surface area contributed by atoms with E-state index in [0.717, 1.165) is 21.9 Å². The molecule has 0 saturated carbocycles. The Balaban J connectivity index is 2.59. The molecule has 1 heterocycles. The lowest BCUT2D eigenvalue weighted by atomic mass is 9.84. The Morgan fingerprint density at radius 3 is 1.28 bits per heavy atom. The lowest BCUT2D eigenvalue weighted by Crippen LogP contribution is -2.15. The summed E-state index contributed by atoms with van der Waals surface area (Å²) >= 11 is 0. The van der Waals surface area contributed by atoms with Crippen LogP contribution in [-0.2, 0) is 10.8 Å². The molecule has 0 saturated heterocycles. The molecule has 25 heavy (non-hydrogen) atoms. The molecule has 2 aromatic carbocycles. The van der Waals surface area contributed by atoms with Gasteiger partial charge in [0, 0.05) is 10.8 Å². The van der Waals surface area contributed by atoms with E-state index < -0.39 is 0 Å². The number of hydrogen-bond donors (Lipinski definition) is 1. The first-order chi connectivity index (χ1) is 11.5. The van der Waals surface area contributed by atoms with Crippen LogP contribution in [0, 0.1) is 0 Å². The molecule has 0 atom stereocenters. The van der Waals surface area contributed by atoms with Crippen LogP contribution >= 0.6 is 0 Å². The first kappa shape index (κ1) is 17.4. The molecule has 0 aliphatic carbocycles. The predicted octanol–water partition coefficient (Wildman–Crippen LogP) is 4.64. The number of rotatable bonds is 0. The summed E-state index contributed by atoms with van der Waals surface area (Å²) in [5.41, 5.74) is 1.52. The van der Waals surface area contributed by atoms with Gasteiger partial charge in [-0.15, -0.1) is 0 Å². The highest BCUT2D eigenvalue weighted by Gasteiger charge is 2.18. The fraction of sp³-hybridized carbons (Fsp3) is 0.364. The topological polar surface area (TPSA) is 49.9 Å². The van der Waals surface area contributed by atoms with Crippen molar-refractivity contribution in [1.29, 1.82) is 0 Å². The van der Waals surface area contributed by atoms with Gasteiger partial charge in [0.2, 0.25) is 0 Å². The minimum atomic E-state index is -0.339. The van der Waals surface area contributed by atoms with Crippen molar-refractivity contribution >= 4 is 21.5 Å². The average molecular weight is 335 g/mol.